The summed E-state index contributed by atoms with van der Waals surface area (Å²) >= 11 is 0. The third-order valence-corrected chi connectivity index (χ3v) is 6.37. The molecule has 190 valence electrons. The van der Waals surface area contributed by atoms with Gasteiger partial charge in [0.2, 0.25) is 0 Å². The minimum atomic E-state index is -1.06. The summed E-state index contributed by atoms with van der Waals surface area (Å²) in [7, 11) is 1.42. The number of hydrogen-bond acceptors (Lipinski definition) is 9. The lowest BCUT2D eigenvalue weighted by atomic mass is 9.94. The maximum atomic E-state index is 13.2. The molecule has 0 spiro atoms. The number of phenols is 1. The quantitative estimate of drug-likeness (QED) is 0.185. The van der Waals surface area contributed by atoms with E-state index >= 15 is 0 Å². The molecule has 2 saturated heterocycles. The third kappa shape index (κ3) is 5.02. The van der Waals surface area contributed by atoms with Crippen molar-refractivity contribution in [2.45, 2.75) is 12.5 Å². The van der Waals surface area contributed by atoms with Crippen LogP contribution >= 0.6 is 0 Å². The first-order chi connectivity index (χ1) is 17.3. The standard InChI is InChI=1S/C25H27N3O8/c1-35-18-6-7-19(20(29)15-18)23(30)21-22(16-4-2-5-17(14-16)28(33)34)27(25(32)24(21)31)9-3-8-26-10-12-36-13-11-26/h2,4-7,14-15,22,29-30H,3,8-13H2,1H3/t22-/m1/s1. The zero-order valence-corrected chi connectivity index (χ0v) is 19.8. The molecule has 2 aromatic carbocycles. The number of likely N-dealkylation sites (tertiary alicyclic amines) is 1. The number of benzene rings is 2. The van der Waals surface area contributed by atoms with Crippen molar-refractivity contribution >= 4 is 23.1 Å². The van der Waals surface area contributed by atoms with Gasteiger partial charge < -0.3 is 24.6 Å². The predicted octanol–water partition coefficient (Wildman–Crippen LogP) is 2.45. The number of aliphatic hydroxyl groups is 1. The number of rotatable bonds is 8. The number of Topliss-reactive ketones (excluding diaryl/α,β-unsaturated/α-hetero) is 1. The summed E-state index contributed by atoms with van der Waals surface area (Å²) in [6.07, 6.45) is 0.548. The molecule has 0 bridgehead atoms. The van der Waals surface area contributed by atoms with Crippen molar-refractivity contribution in [3.05, 3.63) is 69.3 Å². The van der Waals surface area contributed by atoms with Crippen LogP contribution in [0, 0.1) is 10.1 Å². The number of hydrogen-bond donors (Lipinski definition) is 2. The molecule has 2 aliphatic rings. The molecule has 2 fully saturated rings. The van der Waals surface area contributed by atoms with Crippen LogP contribution in [0.15, 0.2) is 48.0 Å². The van der Waals surface area contributed by atoms with Crippen LogP contribution in [0.2, 0.25) is 0 Å². The third-order valence-electron chi connectivity index (χ3n) is 6.37. The van der Waals surface area contributed by atoms with Gasteiger partial charge in [0.1, 0.15) is 17.3 Å². The first-order valence-electron chi connectivity index (χ1n) is 11.5. The minimum Gasteiger partial charge on any atom is -0.507 e. The van der Waals surface area contributed by atoms with E-state index in [9.17, 15) is 29.9 Å². The van der Waals surface area contributed by atoms with E-state index in [2.05, 4.69) is 4.90 Å². The molecular weight excluding hydrogens is 470 g/mol. The number of aromatic hydroxyl groups is 1. The Labute approximate surface area is 207 Å². The Morgan fingerprint density at radius 3 is 2.58 bits per heavy atom. The summed E-state index contributed by atoms with van der Waals surface area (Å²) in [5.41, 5.74) is -0.201. The van der Waals surface area contributed by atoms with Crippen LogP contribution in [0.5, 0.6) is 11.5 Å². The van der Waals surface area contributed by atoms with Crippen LogP contribution in [-0.2, 0) is 14.3 Å². The Kier molecular flexibility index (Phi) is 7.51. The van der Waals surface area contributed by atoms with Crippen molar-refractivity contribution in [1.29, 1.82) is 0 Å². The molecule has 0 unspecified atom stereocenters. The number of non-ortho nitro benzene ring substituents is 1. The van der Waals surface area contributed by atoms with Gasteiger partial charge in [-0.25, -0.2) is 0 Å². The predicted molar refractivity (Wildman–Crippen MR) is 129 cm³/mol. The lowest BCUT2D eigenvalue weighted by molar-refractivity contribution is -0.384. The average Bonchev–Trinajstić information content (AvgIpc) is 3.14. The van der Waals surface area contributed by atoms with Gasteiger partial charge in [-0.1, -0.05) is 12.1 Å². The van der Waals surface area contributed by atoms with Gasteiger partial charge in [0.05, 0.1) is 42.4 Å². The molecule has 2 heterocycles. The molecule has 0 saturated carbocycles. The maximum Gasteiger partial charge on any atom is 0.295 e. The number of amides is 1. The number of nitro groups is 1. The summed E-state index contributed by atoms with van der Waals surface area (Å²) < 4.78 is 10.4. The first-order valence-corrected chi connectivity index (χ1v) is 11.5. The van der Waals surface area contributed by atoms with Crippen molar-refractivity contribution < 1.29 is 34.2 Å². The summed E-state index contributed by atoms with van der Waals surface area (Å²) in [4.78, 5) is 40.6. The minimum absolute atomic E-state index is 0.0578. The van der Waals surface area contributed by atoms with E-state index in [-0.39, 0.29) is 29.1 Å². The molecule has 36 heavy (non-hydrogen) atoms. The van der Waals surface area contributed by atoms with Crippen LogP contribution in [0.25, 0.3) is 5.76 Å². The summed E-state index contributed by atoms with van der Waals surface area (Å²) in [6, 6.07) is 8.71. The lowest BCUT2D eigenvalue weighted by Crippen LogP contribution is -2.39. The van der Waals surface area contributed by atoms with Gasteiger partial charge in [0.25, 0.3) is 17.4 Å². The number of phenolic OH excluding ortho intramolecular Hbond substituents is 1. The van der Waals surface area contributed by atoms with Gasteiger partial charge in [0, 0.05) is 44.4 Å². The fourth-order valence-electron chi connectivity index (χ4n) is 4.54. The zero-order chi connectivity index (χ0) is 25.8. The second-order valence-corrected chi connectivity index (χ2v) is 8.54. The monoisotopic (exact) mass is 497 g/mol. The highest BCUT2D eigenvalue weighted by Crippen LogP contribution is 2.42. The summed E-state index contributed by atoms with van der Waals surface area (Å²) in [6.45, 7) is 3.66. The molecule has 11 nitrogen and oxygen atoms in total. The van der Waals surface area contributed by atoms with Crippen molar-refractivity contribution in [1.82, 2.24) is 9.80 Å². The molecule has 4 rings (SSSR count). The maximum absolute atomic E-state index is 13.2. The van der Waals surface area contributed by atoms with E-state index in [1.54, 1.807) is 6.07 Å². The topological polar surface area (TPSA) is 143 Å². The molecule has 0 aromatic heterocycles. The van der Waals surface area contributed by atoms with Crippen LogP contribution in [0.4, 0.5) is 5.69 Å². The number of carbonyl (C=O) groups excluding carboxylic acids is 2. The zero-order valence-electron chi connectivity index (χ0n) is 19.8. The molecular formula is C25H27N3O8. The van der Waals surface area contributed by atoms with Crippen molar-refractivity contribution in [2.24, 2.45) is 0 Å². The average molecular weight is 498 g/mol. The second kappa shape index (κ2) is 10.8. The van der Waals surface area contributed by atoms with E-state index in [4.69, 9.17) is 9.47 Å². The number of morpholine rings is 1. The summed E-state index contributed by atoms with van der Waals surface area (Å²) in [5.74, 6) is -2.32. The molecule has 2 aromatic rings. The Balaban J connectivity index is 1.74. The molecule has 2 N–H and O–H groups in total. The molecule has 0 radical (unpaired) electrons. The smallest absolute Gasteiger partial charge is 0.295 e. The number of aliphatic hydroxyl groups excluding tert-OH is 1. The normalized spacial score (nSPS) is 20.0. The van der Waals surface area contributed by atoms with Crippen molar-refractivity contribution in [3.8, 4) is 11.5 Å². The number of nitrogens with zero attached hydrogens (tertiary/aromatic N) is 3. The molecule has 11 heteroatoms. The van der Waals surface area contributed by atoms with E-state index in [1.807, 2.05) is 0 Å². The fraction of sp³-hybridized carbons (Fsp3) is 0.360. The second-order valence-electron chi connectivity index (χ2n) is 8.54. The van der Waals surface area contributed by atoms with Crippen molar-refractivity contribution in [2.75, 3.05) is 46.5 Å². The van der Waals surface area contributed by atoms with Crippen LogP contribution < -0.4 is 4.74 Å². The number of carbonyl (C=O) groups is 2. The molecule has 0 aliphatic carbocycles. The number of nitro benzene ring substituents is 1. The van der Waals surface area contributed by atoms with Crippen LogP contribution in [0.1, 0.15) is 23.6 Å². The summed E-state index contributed by atoms with van der Waals surface area (Å²) in [5, 5.41) is 33.0. The van der Waals surface area contributed by atoms with E-state index in [0.29, 0.717) is 37.5 Å². The Bertz CT molecular complexity index is 1210. The van der Waals surface area contributed by atoms with E-state index in [1.165, 1.54) is 48.4 Å². The largest absolute Gasteiger partial charge is 0.507 e. The van der Waals surface area contributed by atoms with Crippen LogP contribution in [0.3, 0.4) is 0 Å². The van der Waals surface area contributed by atoms with Gasteiger partial charge in [-0.05, 0) is 24.1 Å². The highest BCUT2D eigenvalue weighted by atomic mass is 16.6. The molecule has 2 aliphatic heterocycles. The van der Waals surface area contributed by atoms with E-state index < -0.39 is 28.4 Å². The Morgan fingerprint density at radius 2 is 1.92 bits per heavy atom. The van der Waals surface area contributed by atoms with Gasteiger partial charge in [-0.3, -0.25) is 24.6 Å². The first kappa shape index (κ1) is 25.1. The van der Waals surface area contributed by atoms with Crippen molar-refractivity contribution in [3.63, 3.8) is 0 Å². The number of ketones is 1. The lowest BCUT2D eigenvalue weighted by Gasteiger charge is -2.29. The number of ether oxygens (including phenoxy) is 2. The SMILES string of the molecule is COc1ccc(C(O)=C2C(=O)C(=O)N(CCCN3CCOCC3)[C@@H]2c2cccc([N+](=O)[O-])c2)c(O)c1. The Hall–Kier alpha value is -3.96. The van der Waals surface area contributed by atoms with Gasteiger partial charge in [-0.2, -0.15) is 0 Å². The fourth-order valence-corrected chi connectivity index (χ4v) is 4.54. The molecule has 1 atom stereocenters. The van der Waals surface area contributed by atoms with E-state index in [0.717, 1.165) is 13.1 Å². The van der Waals surface area contributed by atoms with Crippen LogP contribution in [-0.4, -0.2) is 83.1 Å². The Morgan fingerprint density at radius 1 is 1.17 bits per heavy atom. The highest BCUT2D eigenvalue weighted by Gasteiger charge is 2.46. The number of methoxy groups -OCH3 is 1. The van der Waals surface area contributed by atoms with Gasteiger partial charge in [0.15, 0.2) is 0 Å². The molecule has 1 amide bonds. The highest BCUT2D eigenvalue weighted by molar-refractivity contribution is 6.46. The van der Waals surface area contributed by atoms with Gasteiger partial charge >= 0.3 is 0 Å². The van der Waals surface area contributed by atoms with Gasteiger partial charge in [-0.15, -0.1) is 0 Å².